The monoisotopic (exact) mass is 274 g/mol. The van der Waals surface area contributed by atoms with Gasteiger partial charge in [0.1, 0.15) is 5.75 Å². The van der Waals surface area contributed by atoms with E-state index in [-0.39, 0.29) is 5.78 Å². The van der Waals surface area contributed by atoms with Gasteiger partial charge in [0.05, 0.1) is 12.2 Å². The van der Waals surface area contributed by atoms with E-state index in [4.69, 9.17) is 4.74 Å². The molecule has 2 heteroatoms. The highest BCUT2D eigenvalue weighted by Crippen LogP contribution is 2.26. The minimum Gasteiger partial charge on any atom is -0.493 e. The molecule has 0 atom stereocenters. The molecule has 2 nitrogen and oxygen atoms in total. The maximum Gasteiger partial charge on any atom is 0.166 e. The number of carbonyl (C=O) groups is 1. The molecule has 1 aromatic rings. The molecule has 1 aliphatic heterocycles. The fourth-order valence-corrected chi connectivity index (χ4v) is 2.73. The van der Waals surface area contributed by atoms with Gasteiger partial charge >= 0.3 is 0 Å². The lowest BCUT2D eigenvalue weighted by Gasteiger charge is -2.09. The Morgan fingerprint density at radius 2 is 1.90 bits per heavy atom. The third kappa shape index (κ3) is 4.36. The minimum absolute atomic E-state index is 0.226. The maximum absolute atomic E-state index is 11.9. The van der Waals surface area contributed by atoms with Crippen molar-refractivity contribution in [3.05, 3.63) is 29.3 Å². The summed E-state index contributed by atoms with van der Waals surface area (Å²) in [5.41, 5.74) is 2.07. The van der Waals surface area contributed by atoms with Gasteiger partial charge in [-0.3, -0.25) is 4.79 Å². The lowest BCUT2D eigenvalue weighted by Crippen LogP contribution is -1.98. The first-order valence-electron chi connectivity index (χ1n) is 8.10. The first-order chi connectivity index (χ1) is 9.81. The van der Waals surface area contributed by atoms with Crippen molar-refractivity contribution in [3.63, 3.8) is 0 Å². The summed E-state index contributed by atoms with van der Waals surface area (Å²) in [6.07, 6.45) is 10.4. The molecule has 0 aromatic heterocycles. The van der Waals surface area contributed by atoms with Crippen LogP contribution in [0.3, 0.4) is 0 Å². The van der Waals surface area contributed by atoms with Crippen LogP contribution >= 0.6 is 0 Å². The van der Waals surface area contributed by atoms with Gasteiger partial charge in [-0.2, -0.15) is 0 Å². The van der Waals surface area contributed by atoms with E-state index >= 15 is 0 Å². The molecule has 0 saturated heterocycles. The van der Waals surface area contributed by atoms with E-state index in [9.17, 15) is 4.79 Å². The van der Waals surface area contributed by atoms with Gasteiger partial charge in [-0.1, -0.05) is 45.1 Å². The summed E-state index contributed by atoms with van der Waals surface area (Å²) in [5.74, 6) is 1.03. The van der Waals surface area contributed by atoms with Crippen molar-refractivity contribution in [1.29, 1.82) is 0 Å². The number of benzene rings is 1. The molecule has 0 amide bonds. The molecule has 0 fully saturated rings. The standard InChI is InChI=1S/C18H26O2/c1-2-3-4-5-6-7-9-15-11-12-16-17(19)10-8-13-20-18(16)14-15/h11-12,14H,2-10,13H2,1H3. The number of hydrogen-bond acceptors (Lipinski definition) is 2. The van der Waals surface area contributed by atoms with E-state index in [0.717, 1.165) is 24.2 Å². The van der Waals surface area contributed by atoms with Gasteiger partial charge in [0.15, 0.2) is 5.78 Å². The zero-order valence-electron chi connectivity index (χ0n) is 12.6. The number of ketones is 1. The molecular formula is C18H26O2. The Bertz CT molecular complexity index is 437. The van der Waals surface area contributed by atoms with Gasteiger partial charge in [0, 0.05) is 6.42 Å². The van der Waals surface area contributed by atoms with Crippen molar-refractivity contribution >= 4 is 5.78 Å². The number of ether oxygens (including phenoxy) is 1. The maximum atomic E-state index is 11.9. The fraction of sp³-hybridized carbons (Fsp3) is 0.611. The number of Topliss-reactive ketones (excluding diaryl/α,β-unsaturated/α-hetero) is 1. The average molecular weight is 274 g/mol. The summed E-state index contributed by atoms with van der Waals surface area (Å²) in [6.45, 7) is 2.91. The second-order valence-corrected chi connectivity index (χ2v) is 5.72. The molecule has 110 valence electrons. The van der Waals surface area contributed by atoms with Gasteiger partial charge in [0.2, 0.25) is 0 Å². The highest BCUT2D eigenvalue weighted by atomic mass is 16.5. The Balaban J connectivity index is 1.84. The number of hydrogen-bond donors (Lipinski definition) is 0. The smallest absolute Gasteiger partial charge is 0.166 e. The van der Waals surface area contributed by atoms with Crippen LogP contribution in [-0.4, -0.2) is 12.4 Å². The summed E-state index contributed by atoms with van der Waals surface area (Å²) in [7, 11) is 0. The second kappa shape index (κ2) is 8.08. The van der Waals surface area contributed by atoms with Crippen LogP contribution in [0.25, 0.3) is 0 Å². The molecule has 1 aromatic carbocycles. The Morgan fingerprint density at radius 3 is 2.75 bits per heavy atom. The molecule has 0 bridgehead atoms. The summed E-state index contributed by atoms with van der Waals surface area (Å²) in [4.78, 5) is 11.9. The van der Waals surface area contributed by atoms with Crippen LogP contribution in [0.1, 0.15) is 74.2 Å². The van der Waals surface area contributed by atoms with Gasteiger partial charge in [-0.25, -0.2) is 0 Å². The van der Waals surface area contributed by atoms with Gasteiger partial charge < -0.3 is 4.74 Å². The third-order valence-corrected chi connectivity index (χ3v) is 3.97. The van der Waals surface area contributed by atoms with Crippen molar-refractivity contribution in [1.82, 2.24) is 0 Å². The van der Waals surface area contributed by atoms with Gasteiger partial charge in [-0.15, -0.1) is 0 Å². The van der Waals surface area contributed by atoms with Crippen molar-refractivity contribution in [3.8, 4) is 5.75 Å². The van der Waals surface area contributed by atoms with E-state index < -0.39 is 0 Å². The average Bonchev–Trinajstić information content (AvgIpc) is 2.64. The van der Waals surface area contributed by atoms with Crippen LogP contribution < -0.4 is 4.74 Å². The van der Waals surface area contributed by atoms with Crippen molar-refractivity contribution in [2.75, 3.05) is 6.61 Å². The van der Waals surface area contributed by atoms with E-state index in [1.165, 1.54) is 44.1 Å². The molecule has 20 heavy (non-hydrogen) atoms. The first kappa shape index (κ1) is 15.1. The zero-order chi connectivity index (χ0) is 14.2. The van der Waals surface area contributed by atoms with Crippen LogP contribution in [0, 0.1) is 0 Å². The predicted molar refractivity (Wildman–Crippen MR) is 82.6 cm³/mol. The Hall–Kier alpha value is -1.31. The molecule has 1 heterocycles. The number of carbonyl (C=O) groups excluding carboxylic acids is 1. The second-order valence-electron chi connectivity index (χ2n) is 5.72. The van der Waals surface area contributed by atoms with Crippen LogP contribution in [0.15, 0.2) is 18.2 Å². The molecular weight excluding hydrogens is 248 g/mol. The quantitative estimate of drug-likeness (QED) is 0.658. The predicted octanol–water partition coefficient (Wildman–Crippen LogP) is 4.94. The Kier molecular flexibility index (Phi) is 6.10. The number of aryl methyl sites for hydroxylation is 1. The summed E-state index contributed by atoms with van der Waals surface area (Å²) in [6, 6.07) is 6.12. The zero-order valence-corrected chi connectivity index (χ0v) is 12.6. The SMILES string of the molecule is CCCCCCCCc1ccc2c(c1)OCCCC2=O. The largest absolute Gasteiger partial charge is 0.493 e. The summed E-state index contributed by atoms with van der Waals surface area (Å²) >= 11 is 0. The Labute approximate surface area is 122 Å². The molecule has 0 radical (unpaired) electrons. The van der Waals surface area contributed by atoms with Crippen molar-refractivity contribution in [2.45, 2.75) is 64.7 Å². The van der Waals surface area contributed by atoms with Crippen molar-refractivity contribution in [2.24, 2.45) is 0 Å². The van der Waals surface area contributed by atoms with E-state index in [0.29, 0.717) is 13.0 Å². The van der Waals surface area contributed by atoms with Gasteiger partial charge in [-0.05, 0) is 37.0 Å². The number of rotatable bonds is 7. The van der Waals surface area contributed by atoms with E-state index in [1.807, 2.05) is 6.07 Å². The summed E-state index contributed by atoms with van der Waals surface area (Å²) in [5, 5.41) is 0. The molecule has 0 unspecified atom stereocenters. The van der Waals surface area contributed by atoms with Crippen LogP contribution in [-0.2, 0) is 6.42 Å². The highest BCUT2D eigenvalue weighted by molar-refractivity contribution is 5.99. The third-order valence-electron chi connectivity index (χ3n) is 3.97. The molecule has 0 aliphatic carbocycles. The number of fused-ring (bicyclic) bond motifs is 1. The summed E-state index contributed by atoms with van der Waals surface area (Å²) < 4.78 is 5.70. The molecule has 0 N–H and O–H groups in total. The topological polar surface area (TPSA) is 26.3 Å². The van der Waals surface area contributed by atoms with Crippen LogP contribution in [0.2, 0.25) is 0 Å². The molecule has 1 aliphatic rings. The van der Waals surface area contributed by atoms with Crippen LogP contribution in [0.5, 0.6) is 5.75 Å². The Morgan fingerprint density at radius 1 is 1.10 bits per heavy atom. The molecule has 2 rings (SSSR count). The van der Waals surface area contributed by atoms with Crippen LogP contribution in [0.4, 0.5) is 0 Å². The number of unbranched alkanes of at least 4 members (excludes halogenated alkanes) is 5. The van der Waals surface area contributed by atoms with Gasteiger partial charge in [0.25, 0.3) is 0 Å². The lowest BCUT2D eigenvalue weighted by atomic mass is 10.0. The fourth-order valence-electron chi connectivity index (χ4n) is 2.73. The molecule has 0 saturated carbocycles. The van der Waals surface area contributed by atoms with E-state index in [2.05, 4.69) is 19.1 Å². The van der Waals surface area contributed by atoms with E-state index in [1.54, 1.807) is 0 Å². The highest BCUT2D eigenvalue weighted by Gasteiger charge is 2.16. The lowest BCUT2D eigenvalue weighted by molar-refractivity contribution is 0.0983. The normalized spacial score (nSPS) is 14.6. The van der Waals surface area contributed by atoms with Crippen molar-refractivity contribution < 1.29 is 9.53 Å². The first-order valence-corrected chi connectivity index (χ1v) is 8.10. The molecule has 0 spiro atoms. The minimum atomic E-state index is 0.226.